The van der Waals surface area contributed by atoms with E-state index in [1.165, 1.54) is 7.11 Å². The molecule has 1 N–H and O–H groups in total. The van der Waals surface area contributed by atoms with Crippen LogP contribution in [0, 0.1) is 13.8 Å². The van der Waals surface area contributed by atoms with Gasteiger partial charge >= 0.3 is 0 Å². The van der Waals surface area contributed by atoms with Crippen molar-refractivity contribution in [3.8, 4) is 17.2 Å². The first-order valence-corrected chi connectivity index (χ1v) is 8.77. The highest BCUT2D eigenvalue weighted by Gasteiger charge is 2.31. The minimum atomic E-state index is -2.09. The number of anilines is 1. The van der Waals surface area contributed by atoms with E-state index in [4.69, 9.17) is 44.0 Å². The van der Waals surface area contributed by atoms with Gasteiger partial charge in [-0.05, 0) is 55.3 Å². The van der Waals surface area contributed by atoms with Crippen LogP contribution in [0.5, 0.6) is 5.75 Å². The third-order valence-corrected chi connectivity index (χ3v) is 4.47. The molecule has 0 saturated heterocycles. The first kappa shape index (κ1) is 18.8. The van der Waals surface area contributed by atoms with E-state index >= 15 is 0 Å². The van der Waals surface area contributed by atoms with E-state index in [1.54, 1.807) is 18.2 Å². The molecule has 3 rings (SSSR count). The van der Waals surface area contributed by atoms with Gasteiger partial charge in [-0.3, -0.25) is 4.79 Å². The maximum absolute atomic E-state index is 12.0. The lowest BCUT2D eigenvalue weighted by Gasteiger charge is -2.14. The Balaban J connectivity index is 2.03. The van der Waals surface area contributed by atoms with E-state index in [-0.39, 0.29) is 0 Å². The Kier molecular flexibility index (Phi) is 5.06. The molecule has 0 saturated carbocycles. The average molecular weight is 414 g/mol. The summed E-state index contributed by atoms with van der Waals surface area (Å²) in [4.78, 5) is 16.5. The summed E-state index contributed by atoms with van der Waals surface area (Å²) in [5.41, 5.74) is 4.68. The van der Waals surface area contributed by atoms with Crippen LogP contribution in [0.3, 0.4) is 0 Å². The van der Waals surface area contributed by atoms with E-state index in [0.29, 0.717) is 28.5 Å². The van der Waals surface area contributed by atoms with Crippen molar-refractivity contribution >= 4 is 57.5 Å². The number of nitrogens with zero attached hydrogens (tertiary/aromatic N) is 1. The zero-order chi connectivity index (χ0) is 19.1. The highest BCUT2D eigenvalue weighted by Crippen LogP contribution is 2.34. The summed E-state index contributed by atoms with van der Waals surface area (Å²) in [7, 11) is 1.48. The van der Waals surface area contributed by atoms with Crippen LogP contribution >= 0.6 is 34.8 Å². The van der Waals surface area contributed by atoms with Crippen LogP contribution in [0.4, 0.5) is 5.69 Å². The number of ether oxygens (including phenoxy) is 1. The van der Waals surface area contributed by atoms with Gasteiger partial charge in [-0.25, -0.2) is 4.98 Å². The Morgan fingerprint density at radius 2 is 1.85 bits per heavy atom. The smallest absolute Gasteiger partial charge is 0.276 e. The Labute approximate surface area is 165 Å². The number of alkyl halides is 3. The van der Waals surface area contributed by atoms with Crippen LogP contribution in [0.2, 0.25) is 0 Å². The molecular weight excluding hydrogens is 399 g/mol. The second-order valence-corrected chi connectivity index (χ2v) is 8.07. The monoisotopic (exact) mass is 412 g/mol. The van der Waals surface area contributed by atoms with Crippen LogP contribution in [0.15, 0.2) is 34.7 Å². The third-order valence-electron chi connectivity index (χ3n) is 3.96. The zero-order valence-corrected chi connectivity index (χ0v) is 16.5. The molecular formula is C18H15Cl3N2O3. The largest absolute Gasteiger partial charge is 0.495 e. The second kappa shape index (κ2) is 6.99. The molecule has 3 aromatic rings. The molecule has 1 amide bonds. The van der Waals surface area contributed by atoms with Crippen LogP contribution < -0.4 is 10.1 Å². The third kappa shape index (κ3) is 3.75. The normalized spacial score (nSPS) is 11.6. The molecule has 1 heterocycles. The van der Waals surface area contributed by atoms with E-state index in [2.05, 4.69) is 10.3 Å². The number of oxazole rings is 1. The van der Waals surface area contributed by atoms with Crippen molar-refractivity contribution in [1.82, 2.24) is 4.98 Å². The number of aryl methyl sites for hydroxylation is 2. The quantitative estimate of drug-likeness (QED) is 0.582. The minimum absolute atomic E-state index is 0.343. The topological polar surface area (TPSA) is 64.4 Å². The molecule has 1 aromatic heterocycles. The molecule has 0 unspecified atom stereocenters. The number of hydrogen-bond acceptors (Lipinski definition) is 4. The van der Waals surface area contributed by atoms with E-state index in [0.717, 1.165) is 16.6 Å². The molecule has 136 valence electrons. The lowest BCUT2D eigenvalue weighted by atomic mass is 10.1. The Morgan fingerprint density at radius 3 is 2.50 bits per heavy atom. The summed E-state index contributed by atoms with van der Waals surface area (Å²) >= 11 is 16.8. The molecule has 8 heteroatoms. The maximum Gasteiger partial charge on any atom is 0.276 e. The van der Waals surface area contributed by atoms with Crippen LogP contribution in [-0.4, -0.2) is 21.8 Å². The van der Waals surface area contributed by atoms with Crippen LogP contribution in [0.1, 0.15) is 11.1 Å². The van der Waals surface area contributed by atoms with Gasteiger partial charge in [-0.1, -0.05) is 34.8 Å². The molecule has 0 aliphatic rings. The van der Waals surface area contributed by atoms with Gasteiger partial charge in [-0.15, -0.1) is 0 Å². The Hall–Kier alpha value is -1.95. The van der Waals surface area contributed by atoms with Gasteiger partial charge in [0.15, 0.2) is 5.58 Å². The summed E-state index contributed by atoms with van der Waals surface area (Å²) in [6.07, 6.45) is 0. The number of hydrogen-bond donors (Lipinski definition) is 1. The predicted molar refractivity (Wildman–Crippen MR) is 104 cm³/mol. The SMILES string of the molecule is COc1ccc(-c2nc3cc(C)c(C)cc3o2)cc1NC(=O)C(Cl)(Cl)Cl. The fraction of sp³-hybridized carbons (Fsp3) is 0.222. The van der Waals surface area contributed by atoms with Crippen LogP contribution in [0.25, 0.3) is 22.6 Å². The van der Waals surface area contributed by atoms with E-state index < -0.39 is 9.70 Å². The van der Waals surface area contributed by atoms with Gasteiger partial charge in [0.2, 0.25) is 5.89 Å². The Bertz CT molecular complexity index is 954. The molecule has 0 aliphatic heterocycles. The number of halogens is 3. The van der Waals surface area contributed by atoms with Gasteiger partial charge in [0.1, 0.15) is 11.3 Å². The number of methoxy groups -OCH3 is 1. The fourth-order valence-electron chi connectivity index (χ4n) is 2.44. The number of carbonyl (C=O) groups is 1. The average Bonchev–Trinajstić information content (AvgIpc) is 2.97. The molecule has 0 atom stereocenters. The van der Waals surface area contributed by atoms with E-state index in [9.17, 15) is 4.79 Å². The first-order chi connectivity index (χ1) is 12.2. The van der Waals surface area contributed by atoms with Gasteiger partial charge in [0.25, 0.3) is 9.70 Å². The molecule has 0 aliphatic carbocycles. The highest BCUT2D eigenvalue weighted by atomic mass is 35.6. The van der Waals surface area contributed by atoms with E-state index in [1.807, 2.05) is 26.0 Å². The number of rotatable bonds is 3. The van der Waals surface area contributed by atoms with Crippen LogP contribution in [-0.2, 0) is 4.79 Å². The molecule has 0 bridgehead atoms. The summed E-state index contributed by atoms with van der Waals surface area (Å²) in [6.45, 7) is 4.02. The minimum Gasteiger partial charge on any atom is -0.495 e. The lowest BCUT2D eigenvalue weighted by Crippen LogP contribution is -2.27. The van der Waals surface area contributed by atoms with Crippen molar-refractivity contribution in [2.75, 3.05) is 12.4 Å². The number of benzene rings is 2. The van der Waals surface area contributed by atoms with Crippen molar-refractivity contribution in [2.24, 2.45) is 0 Å². The summed E-state index contributed by atoms with van der Waals surface area (Å²) in [5, 5.41) is 2.53. The summed E-state index contributed by atoms with van der Waals surface area (Å²) in [5.74, 6) is 0.0398. The van der Waals surface area contributed by atoms with Gasteiger partial charge in [0.05, 0.1) is 12.8 Å². The van der Waals surface area contributed by atoms with Crippen molar-refractivity contribution in [2.45, 2.75) is 17.6 Å². The standard InChI is InChI=1S/C18H15Cl3N2O3/c1-9-6-12-15(7-10(9)2)26-16(22-12)11-4-5-14(25-3)13(8-11)23-17(24)18(19,20)21/h4-8H,1-3H3,(H,23,24). The summed E-state index contributed by atoms with van der Waals surface area (Å²) < 4.78 is 9.00. The zero-order valence-electron chi connectivity index (χ0n) is 14.2. The molecule has 2 aromatic carbocycles. The molecule has 5 nitrogen and oxygen atoms in total. The fourth-order valence-corrected chi connectivity index (χ4v) is 2.58. The molecule has 26 heavy (non-hydrogen) atoms. The Morgan fingerprint density at radius 1 is 1.15 bits per heavy atom. The number of aromatic nitrogens is 1. The van der Waals surface area contributed by atoms with Gasteiger partial charge < -0.3 is 14.5 Å². The highest BCUT2D eigenvalue weighted by molar-refractivity contribution is 6.76. The van der Waals surface area contributed by atoms with Crippen molar-refractivity contribution in [3.05, 3.63) is 41.5 Å². The number of nitrogens with one attached hydrogen (secondary N) is 1. The summed E-state index contributed by atoms with van der Waals surface area (Å²) in [6, 6.07) is 9.00. The lowest BCUT2D eigenvalue weighted by molar-refractivity contribution is -0.115. The van der Waals surface area contributed by atoms with Gasteiger partial charge in [-0.2, -0.15) is 0 Å². The van der Waals surface area contributed by atoms with Crippen molar-refractivity contribution < 1.29 is 13.9 Å². The number of fused-ring (bicyclic) bond motifs is 1. The van der Waals surface area contributed by atoms with Crippen molar-refractivity contribution in [3.63, 3.8) is 0 Å². The maximum atomic E-state index is 12.0. The first-order valence-electron chi connectivity index (χ1n) is 7.63. The number of amides is 1. The molecule has 0 fully saturated rings. The predicted octanol–water partition coefficient (Wildman–Crippen LogP) is 5.43. The van der Waals surface area contributed by atoms with Gasteiger partial charge in [0, 0.05) is 5.56 Å². The number of carbonyl (C=O) groups excluding carboxylic acids is 1. The molecule has 0 radical (unpaired) electrons. The molecule has 0 spiro atoms. The van der Waals surface area contributed by atoms with Crippen molar-refractivity contribution in [1.29, 1.82) is 0 Å². The second-order valence-electron chi connectivity index (χ2n) is 5.79.